The van der Waals surface area contributed by atoms with Crippen LogP contribution in [0.4, 0.5) is 0 Å². The van der Waals surface area contributed by atoms with Gasteiger partial charge >= 0.3 is 23.9 Å². The van der Waals surface area contributed by atoms with Crippen molar-refractivity contribution in [3.63, 3.8) is 0 Å². The second kappa shape index (κ2) is 23.1. The molecule has 2 aliphatic rings. The molecule has 11 nitrogen and oxygen atoms in total. The van der Waals surface area contributed by atoms with E-state index < -0.39 is 48.3 Å². The first-order valence-electron chi connectivity index (χ1n) is 21.2. The Bertz CT molecular complexity index is 2070. The van der Waals surface area contributed by atoms with Crippen molar-refractivity contribution in [2.45, 2.75) is 89.1 Å². The average molecular weight is 831 g/mol. The van der Waals surface area contributed by atoms with E-state index in [0.717, 1.165) is 35.6 Å². The van der Waals surface area contributed by atoms with Crippen LogP contribution in [-0.2, 0) is 39.7 Å². The van der Waals surface area contributed by atoms with E-state index in [9.17, 15) is 19.2 Å². The van der Waals surface area contributed by atoms with Crippen molar-refractivity contribution in [1.82, 2.24) is 0 Å². The second-order valence-electron chi connectivity index (χ2n) is 15.1. The molecule has 11 heteroatoms. The quantitative estimate of drug-likeness (QED) is 0.0247. The Hall–Kier alpha value is -6.04. The second-order valence-corrected chi connectivity index (χ2v) is 15.1. The van der Waals surface area contributed by atoms with Gasteiger partial charge < -0.3 is 33.2 Å². The van der Waals surface area contributed by atoms with Crippen LogP contribution in [0.15, 0.2) is 116 Å². The molecule has 2 saturated heterocycles. The number of aryl methyl sites for hydroxylation is 1. The first kappa shape index (κ1) is 44.5. The van der Waals surface area contributed by atoms with Gasteiger partial charge in [0.15, 0.2) is 12.2 Å². The van der Waals surface area contributed by atoms with Gasteiger partial charge in [-0.2, -0.15) is 0 Å². The van der Waals surface area contributed by atoms with Gasteiger partial charge in [-0.25, -0.2) is 19.2 Å². The number of hydrogen-bond donors (Lipinski definition) is 0. The third-order valence-electron chi connectivity index (χ3n) is 10.5. The normalized spacial score (nSPS) is 18.0. The van der Waals surface area contributed by atoms with Gasteiger partial charge in [-0.3, -0.25) is 0 Å². The molecule has 2 aliphatic heterocycles. The molecule has 0 radical (unpaired) electrons. The molecule has 4 aromatic carbocycles. The zero-order valence-corrected chi connectivity index (χ0v) is 34.7. The first-order valence-corrected chi connectivity index (χ1v) is 21.2. The minimum atomic E-state index is -0.623. The minimum absolute atomic E-state index is 0.145. The maximum Gasteiger partial charge on any atom is 0.343 e. The molecule has 2 fully saturated rings. The highest BCUT2D eigenvalue weighted by Crippen LogP contribution is 2.31. The third-order valence-corrected chi connectivity index (χ3v) is 10.5. The number of benzene rings is 4. The monoisotopic (exact) mass is 830 g/mol. The molecule has 0 unspecified atom stereocenters. The summed E-state index contributed by atoms with van der Waals surface area (Å²) >= 11 is 0. The summed E-state index contributed by atoms with van der Waals surface area (Å²) in [6, 6.07) is 29.1. The predicted molar refractivity (Wildman–Crippen MR) is 230 cm³/mol. The highest BCUT2D eigenvalue weighted by atomic mass is 16.7. The lowest BCUT2D eigenvalue weighted by atomic mass is 10.0. The Labute approximate surface area is 357 Å². The van der Waals surface area contributed by atoms with Gasteiger partial charge in [0, 0.05) is 12.2 Å². The largest absolute Gasteiger partial charge is 0.494 e. The Kier molecular flexibility index (Phi) is 16.8. The molecule has 0 spiro atoms. The van der Waals surface area contributed by atoms with Gasteiger partial charge in [-0.15, -0.1) is 0 Å². The summed E-state index contributed by atoms with van der Waals surface area (Å²) in [6.07, 6.45) is 11.7. The van der Waals surface area contributed by atoms with Crippen molar-refractivity contribution < 1.29 is 52.3 Å². The molecule has 0 aliphatic carbocycles. The van der Waals surface area contributed by atoms with Crippen LogP contribution in [0.3, 0.4) is 0 Å². The van der Waals surface area contributed by atoms with E-state index in [1.54, 1.807) is 54.6 Å². The van der Waals surface area contributed by atoms with Crippen LogP contribution in [0, 0.1) is 0 Å². The van der Waals surface area contributed by atoms with Gasteiger partial charge in [0.25, 0.3) is 0 Å². The van der Waals surface area contributed by atoms with E-state index in [1.807, 2.05) is 48.5 Å². The van der Waals surface area contributed by atoms with Crippen molar-refractivity contribution in [2.24, 2.45) is 0 Å². The molecule has 0 amide bonds. The van der Waals surface area contributed by atoms with Crippen molar-refractivity contribution in [3.8, 4) is 22.6 Å². The number of ether oxygens (including phenoxy) is 7. The fourth-order valence-electron chi connectivity index (χ4n) is 7.09. The molecule has 0 aromatic heterocycles. The molecule has 320 valence electrons. The highest BCUT2D eigenvalue weighted by Gasteiger charge is 2.51. The Morgan fingerprint density at radius 2 is 1.20 bits per heavy atom. The minimum Gasteiger partial charge on any atom is -0.494 e. The van der Waals surface area contributed by atoms with Crippen LogP contribution in [0.2, 0.25) is 0 Å². The number of esters is 4. The third kappa shape index (κ3) is 13.5. The van der Waals surface area contributed by atoms with Gasteiger partial charge in [0.05, 0.1) is 37.6 Å². The lowest BCUT2D eigenvalue weighted by Gasteiger charge is -2.17. The number of hydrogen-bond acceptors (Lipinski definition) is 11. The van der Waals surface area contributed by atoms with Gasteiger partial charge in [0.2, 0.25) is 0 Å². The topological polar surface area (TPSA) is 133 Å². The van der Waals surface area contributed by atoms with Crippen molar-refractivity contribution in [3.05, 3.63) is 138 Å². The predicted octanol–water partition coefficient (Wildman–Crippen LogP) is 9.31. The number of fused-ring (bicyclic) bond motifs is 1. The maximum atomic E-state index is 12.9. The van der Waals surface area contributed by atoms with E-state index in [1.165, 1.54) is 43.7 Å². The molecule has 0 saturated carbocycles. The van der Waals surface area contributed by atoms with E-state index >= 15 is 0 Å². The summed E-state index contributed by atoms with van der Waals surface area (Å²) in [7, 11) is 0. The fourth-order valence-corrected chi connectivity index (χ4v) is 7.09. The smallest absolute Gasteiger partial charge is 0.343 e. The summed E-state index contributed by atoms with van der Waals surface area (Å²) in [6.45, 7) is 6.64. The van der Waals surface area contributed by atoms with Crippen LogP contribution in [0.5, 0.6) is 11.5 Å². The van der Waals surface area contributed by atoms with Crippen molar-refractivity contribution in [2.75, 3.05) is 26.4 Å². The summed E-state index contributed by atoms with van der Waals surface area (Å²) in [5.41, 5.74) is 4.73. The first-order chi connectivity index (χ1) is 29.8. The van der Waals surface area contributed by atoms with Crippen LogP contribution in [0.1, 0.15) is 90.1 Å². The van der Waals surface area contributed by atoms with Gasteiger partial charge in [-0.05, 0) is 103 Å². The van der Waals surface area contributed by atoms with Crippen molar-refractivity contribution >= 4 is 30.0 Å². The van der Waals surface area contributed by atoms with Crippen LogP contribution in [0.25, 0.3) is 17.2 Å². The van der Waals surface area contributed by atoms with E-state index in [0.29, 0.717) is 48.7 Å². The van der Waals surface area contributed by atoms with Crippen LogP contribution in [-0.4, -0.2) is 74.7 Å². The van der Waals surface area contributed by atoms with Crippen LogP contribution < -0.4 is 9.47 Å². The lowest BCUT2D eigenvalue weighted by molar-refractivity contribution is -0.147. The molecular weight excluding hydrogens is 777 g/mol. The summed E-state index contributed by atoms with van der Waals surface area (Å²) in [5, 5.41) is 0. The molecule has 0 bridgehead atoms. The van der Waals surface area contributed by atoms with Crippen LogP contribution >= 0.6 is 0 Å². The molecule has 6 rings (SSSR count). The number of unbranched alkanes of at least 4 members (excludes halogenated alkanes) is 6. The Morgan fingerprint density at radius 1 is 0.623 bits per heavy atom. The summed E-state index contributed by atoms with van der Waals surface area (Å²) < 4.78 is 39.4. The van der Waals surface area contributed by atoms with Gasteiger partial charge in [0.1, 0.15) is 23.7 Å². The van der Waals surface area contributed by atoms with E-state index in [-0.39, 0.29) is 13.2 Å². The molecule has 2 heterocycles. The zero-order chi connectivity index (χ0) is 42.8. The summed E-state index contributed by atoms with van der Waals surface area (Å²) in [5.74, 6) is -0.875. The average Bonchev–Trinajstić information content (AvgIpc) is 3.88. The Balaban J connectivity index is 0.894. The fraction of sp³-hybridized carbons (Fsp3) is 0.360. The number of carbonyl (C=O) groups excluding carboxylic acids is 4. The van der Waals surface area contributed by atoms with Crippen molar-refractivity contribution in [1.29, 1.82) is 0 Å². The molecule has 61 heavy (non-hydrogen) atoms. The maximum absolute atomic E-state index is 12.9. The molecule has 4 aromatic rings. The molecule has 4 atom stereocenters. The zero-order valence-electron chi connectivity index (χ0n) is 34.7. The lowest BCUT2D eigenvalue weighted by Crippen LogP contribution is -2.35. The number of carbonyl (C=O) groups is 4. The van der Waals surface area contributed by atoms with Gasteiger partial charge in [-0.1, -0.05) is 94.1 Å². The van der Waals surface area contributed by atoms with E-state index in [4.69, 9.17) is 33.2 Å². The SMILES string of the molecule is C=CC(=O)OCCCCOc1ccc(C(=O)Oc2ccc(-c3ccc(C=CC(=O)O[C@H]4CO[C@H]5[C@@H]4OC[C@H]5OC(=O)c4ccc(CCCCCCCC)cc4)cc3)cc2)cc1. The summed E-state index contributed by atoms with van der Waals surface area (Å²) in [4.78, 5) is 49.6. The molecular formula is C50H54O11. The van der Waals surface area contributed by atoms with E-state index in [2.05, 4.69) is 13.5 Å². The number of rotatable bonds is 22. The Morgan fingerprint density at radius 3 is 1.87 bits per heavy atom. The highest BCUT2D eigenvalue weighted by molar-refractivity contribution is 5.91. The molecule has 0 N–H and O–H groups in total. The standard InChI is InChI=1S/C50H54O11/c1-3-5-6-7-8-9-12-35-15-20-39(21-16-35)50(54)61-44-34-58-47-43(33-57-48(44)47)60-46(52)30-17-36-13-18-37(19-14-36)38-22-28-42(29-23-38)59-49(53)40-24-26-41(27-25-40)55-31-10-11-32-56-45(51)4-2/h4,13-30,43-44,47-48H,2-3,5-12,31-34H2,1H3/t43-,44+,47+,48+/m0/s1.